The highest BCUT2D eigenvalue weighted by Crippen LogP contribution is 2.06. The monoisotopic (exact) mass is 264 g/mol. The van der Waals surface area contributed by atoms with Crippen LogP contribution in [0.4, 0.5) is 5.82 Å². The summed E-state index contributed by atoms with van der Waals surface area (Å²) in [6.07, 6.45) is 7.64. The summed E-state index contributed by atoms with van der Waals surface area (Å²) < 4.78 is 0. The second kappa shape index (κ2) is 9.30. The van der Waals surface area contributed by atoms with Crippen LogP contribution >= 0.6 is 0 Å². The van der Waals surface area contributed by atoms with E-state index in [2.05, 4.69) is 27.8 Å². The lowest BCUT2D eigenvalue weighted by molar-refractivity contribution is 0.0957. The third-order valence-corrected chi connectivity index (χ3v) is 2.96. The average molecular weight is 264 g/mol. The Balaban J connectivity index is 2.18. The number of nitrogens with one attached hydrogen (secondary N) is 2. The minimum atomic E-state index is -0.213. The number of carbonyl (C=O) groups excluding carboxylic acids is 1. The molecule has 1 aromatic rings. The number of carbonyl (C=O) groups is 1. The molecule has 1 amide bonds. The van der Waals surface area contributed by atoms with Crippen LogP contribution in [-0.4, -0.2) is 29.7 Å². The Morgan fingerprint density at radius 3 is 2.47 bits per heavy atom. The fourth-order valence-corrected chi connectivity index (χ4v) is 1.80. The van der Waals surface area contributed by atoms with Crippen LogP contribution in [0.1, 0.15) is 55.9 Å². The van der Waals surface area contributed by atoms with E-state index in [4.69, 9.17) is 0 Å². The molecule has 0 radical (unpaired) electrons. The highest BCUT2D eigenvalue weighted by atomic mass is 16.1. The fraction of sp³-hybridized carbons (Fsp3) is 0.643. The van der Waals surface area contributed by atoms with Crippen molar-refractivity contribution in [1.82, 2.24) is 15.5 Å². The van der Waals surface area contributed by atoms with E-state index in [-0.39, 0.29) is 5.91 Å². The van der Waals surface area contributed by atoms with Crippen LogP contribution in [0, 0.1) is 0 Å². The van der Waals surface area contributed by atoms with Gasteiger partial charge < -0.3 is 10.6 Å². The molecular formula is C14H24N4O. The second-order valence-corrected chi connectivity index (χ2v) is 4.58. The molecule has 0 fully saturated rings. The molecule has 1 rings (SSSR count). The van der Waals surface area contributed by atoms with Gasteiger partial charge in [0.05, 0.1) is 0 Å². The number of aromatic nitrogens is 2. The highest BCUT2D eigenvalue weighted by Gasteiger charge is 2.04. The Labute approximate surface area is 115 Å². The van der Waals surface area contributed by atoms with Crippen molar-refractivity contribution in [3.63, 3.8) is 0 Å². The maximum atomic E-state index is 11.3. The van der Waals surface area contributed by atoms with Crippen molar-refractivity contribution in [3.8, 4) is 0 Å². The summed E-state index contributed by atoms with van der Waals surface area (Å²) >= 11 is 0. The minimum Gasteiger partial charge on any atom is -0.369 e. The van der Waals surface area contributed by atoms with Crippen molar-refractivity contribution in [2.75, 3.05) is 18.9 Å². The van der Waals surface area contributed by atoms with Gasteiger partial charge in [0.1, 0.15) is 5.82 Å². The lowest BCUT2D eigenvalue weighted by Crippen LogP contribution is -2.19. The molecule has 0 unspecified atom stereocenters. The topological polar surface area (TPSA) is 66.9 Å². The summed E-state index contributed by atoms with van der Waals surface area (Å²) in [7, 11) is 1.58. The van der Waals surface area contributed by atoms with Crippen LogP contribution in [-0.2, 0) is 0 Å². The zero-order valence-corrected chi connectivity index (χ0v) is 11.9. The molecule has 106 valence electrons. The number of amides is 1. The van der Waals surface area contributed by atoms with E-state index >= 15 is 0 Å². The molecule has 5 heteroatoms. The standard InChI is InChI=1S/C14H24N4O/c1-3-4-5-6-7-8-11-16-13-10-9-12(17-18-13)14(19)15-2/h9-10H,3-8,11H2,1-2H3,(H,15,19)(H,16,18). The molecule has 5 nitrogen and oxygen atoms in total. The Hall–Kier alpha value is -1.65. The number of hydrogen-bond donors (Lipinski definition) is 2. The van der Waals surface area contributed by atoms with Crippen LogP contribution in [0.3, 0.4) is 0 Å². The first kappa shape index (κ1) is 15.4. The molecule has 1 heterocycles. The normalized spacial score (nSPS) is 10.2. The zero-order valence-electron chi connectivity index (χ0n) is 11.9. The molecule has 2 N–H and O–H groups in total. The molecular weight excluding hydrogens is 240 g/mol. The first-order chi connectivity index (χ1) is 9.27. The molecule has 0 spiro atoms. The Morgan fingerprint density at radius 2 is 1.84 bits per heavy atom. The van der Waals surface area contributed by atoms with E-state index in [1.807, 2.05) is 0 Å². The predicted molar refractivity (Wildman–Crippen MR) is 77.3 cm³/mol. The first-order valence-corrected chi connectivity index (χ1v) is 7.07. The summed E-state index contributed by atoms with van der Waals surface area (Å²) in [5.74, 6) is 0.510. The van der Waals surface area contributed by atoms with Gasteiger partial charge in [-0.25, -0.2) is 0 Å². The summed E-state index contributed by atoms with van der Waals surface area (Å²) in [4.78, 5) is 11.3. The van der Waals surface area contributed by atoms with E-state index in [1.54, 1.807) is 19.2 Å². The minimum absolute atomic E-state index is 0.213. The predicted octanol–water partition coefficient (Wildman–Crippen LogP) is 2.61. The van der Waals surface area contributed by atoms with Gasteiger partial charge >= 0.3 is 0 Å². The van der Waals surface area contributed by atoms with Crippen molar-refractivity contribution in [3.05, 3.63) is 17.8 Å². The second-order valence-electron chi connectivity index (χ2n) is 4.58. The van der Waals surface area contributed by atoms with Crippen molar-refractivity contribution in [2.24, 2.45) is 0 Å². The molecule has 0 saturated carbocycles. The molecule has 0 atom stereocenters. The lowest BCUT2D eigenvalue weighted by Gasteiger charge is -2.05. The molecule has 0 bridgehead atoms. The number of rotatable bonds is 9. The van der Waals surface area contributed by atoms with Crippen LogP contribution in [0.25, 0.3) is 0 Å². The van der Waals surface area contributed by atoms with Gasteiger partial charge in [-0.1, -0.05) is 39.0 Å². The van der Waals surface area contributed by atoms with Crippen LogP contribution in [0.5, 0.6) is 0 Å². The zero-order chi connectivity index (χ0) is 13.9. The maximum absolute atomic E-state index is 11.3. The van der Waals surface area contributed by atoms with Crippen molar-refractivity contribution in [1.29, 1.82) is 0 Å². The van der Waals surface area contributed by atoms with E-state index in [0.29, 0.717) is 5.69 Å². The quantitative estimate of drug-likeness (QED) is 0.673. The highest BCUT2D eigenvalue weighted by molar-refractivity contribution is 5.91. The van der Waals surface area contributed by atoms with Gasteiger partial charge in [-0.05, 0) is 18.6 Å². The summed E-state index contributed by atoms with van der Waals surface area (Å²) in [5.41, 5.74) is 0.340. The Kier molecular flexibility index (Phi) is 7.54. The van der Waals surface area contributed by atoms with E-state index in [1.165, 1.54) is 32.1 Å². The van der Waals surface area contributed by atoms with Crippen LogP contribution < -0.4 is 10.6 Å². The summed E-state index contributed by atoms with van der Waals surface area (Å²) in [6.45, 7) is 3.13. The van der Waals surface area contributed by atoms with E-state index in [9.17, 15) is 4.79 Å². The molecule has 1 aromatic heterocycles. The van der Waals surface area contributed by atoms with Crippen molar-refractivity contribution >= 4 is 11.7 Å². The van der Waals surface area contributed by atoms with Crippen LogP contribution in [0.15, 0.2) is 12.1 Å². The van der Waals surface area contributed by atoms with E-state index < -0.39 is 0 Å². The molecule has 0 aliphatic rings. The third-order valence-electron chi connectivity index (χ3n) is 2.96. The third kappa shape index (κ3) is 6.18. The molecule has 0 aliphatic carbocycles. The van der Waals surface area contributed by atoms with Gasteiger partial charge in [-0.2, -0.15) is 0 Å². The Bertz CT molecular complexity index is 364. The van der Waals surface area contributed by atoms with Gasteiger partial charge in [0, 0.05) is 13.6 Å². The van der Waals surface area contributed by atoms with E-state index in [0.717, 1.165) is 18.8 Å². The number of unbranched alkanes of at least 4 members (excludes halogenated alkanes) is 5. The van der Waals surface area contributed by atoms with Crippen molar-refractivity contribution in [2.45, 2.75) is 45.4 Å². The Morgan fingerprint density at radius 1 is 1.11 bits per heavy atom. The molecule has 0 saturated heterocycles. The lowest BCUT2D eigenvalue weighted by atomic mass is 10.1. The van der Waals surface area contributed by atoms with Crippen molar-refractivity contribution < 1.29 is 4.79 Å². The van der Waals surface area contributed by atoms with Crippen LogP contribution in [0.2, 0.25) is 0 Å². The first-order valence-electron chi connectivity index (χ1n) is 7.07. The van der Waals surface area contributed by atoms with Gasteiger partial charge in [0.15, 0.2) is 5.69 Å². The van der Waals surface area contributed by atoms with Gasteiger partial charge in [-0.15, -0.1) is 10.2 Å². The fourth-order valence-electron chi connectivity index (χ4n) is 1.80. The largest absolute Gasteiger partial charge is 0.369 e. The van der Waals surface area contributed by atoms with Gasteiger partial charge in [0.2, 0.25) is 0 Å². The van der Waals surface area contributed by atoms with Gasteiger partial charge in [0.25, 0.3) is 5.91 Å². The summed E-state index contributed by atoms with van der Waals surface area (Å²) in [5, 5.41) is 13.6. The molecule has 19 heavy (non-hydrogen) atoms. The van der Waals surface area contributed by atoms with Gasteiger partial charge in [-0.3, -0.25) is 4.79 Å². The number of hydrogen-bond acceptors (Lipinski definition) is 4. The maximum Gasteiger partial charge on any atom is 0.271 e. The molecule has 0 aliphatic heterocycles. The molecule has 0 aromatic carbocycles. The number of nitrogens with zero attached hydrogens (tertiary/aromatic N) is 2. The number of anilines is 1. The summed E-state index contributed by atoms with van der Waals surface area (Å²) in [6, 6.07) is 3.46. The average Bonchev–Trinajstić information content (AvgIpc) is 2.46. The SMILES string of the molecule is CCCCCCCCNc1ccc(C(=O)NC)nn1. The smallest absolute Gasteiger partial charge is 0.271 e.